The van der Waals surface area contributed by atoms with Crippen LogP contribution >= 0.6 is 15.9 Å². The van der Waals surface area contributed by atoms with Gasteiger partial charge < -0.3 is 14.2 Å². The van der Waals surface area contributed by atoms with E-state index in [1.165, 1.54) is 0 Å². The van der Waals surface area contributed by atoms with Gasteiger partial charge in [-0.3, -0.25) is 4.98 Å². The van der Waals surface area contributed by atoms with Crippen LogP contribution in [0.25, 0.3) is 0 Å². The molecule has 0 radical (unpaired) electrons. The van der Waals surface area contributed by atoms with Gasteiger partial charge >= 0.3 is 0 Å². The van der Waals surface area contributed by atoms with Gasteiger partial charge in [-0.05, 0) is 39.7 Å². The van der Waals surface area contributed by atoms with Crippen LogP contribution in [-0.4, -0.2) is 19.2 Å². The molecule has 0 aliphatic heterocycles. The van der Waals surface area contributed by atoms with E-state index in [2.05, 4.69) is 20.9 Å². The Bertz CT molecular complexity index is 560. The monoisotopic (exact) mass is 323 g/mol. The third kappa shape index (κ3) is 3.61. The van der Waals surface area contributed by atoms with Gasteiger partial charge in [-0.15, -0.1) is 0 Å². The predicted octanol–water partition coefficient (Wildman–Crippen LogP) is 3.44. The van der Waals surface area contributed by atoms with E-state index in [0.717, 1.165) is 10.0 Å². The molecule has 0 aliphatic rings. The minimum Gasteiger partial charge on any atom is -0.493 e. The van der Waals surface area contributed by atoms with Crippen molar-refractivity contribution >= 4 is 15.9 Å². The lowest BCUT2D eigenvalue weighted by Gasteiger charge is -2.10. The Hall–Kier alpha value is -1.75. The van der Waals surface area contributed by atoms with Crippen molar-refractivity contribution in [1.29, 1.82) is 0 Å². The first-order chi connectivity index (χ1) is 9.22. The molecule has 0 saturated carbocycles. The first kappa shape index (κ1) is 13.7. The number of halogens is 1. The minimum atomic E-state index is 0.443. The van der Waals surface area contributed by atoms with E-state index in [-0.39, 0.29) is 0 Å². The van der Waals surface area contributed by atoms with Crippen molar-refractivity contribution in [2.75, 3.05) is 14.2 Å². The lowest BCUT2D eigenvalue weighted by Crippen LogP contribution is -1.98. The van der Waals surface area contributed by atoms with Crippen LogP contribution in [0.4, 0.5) is 0 Å². The molecule has 1 aromatic heterocycles. The quantitative estimate of drug-likeness (QED) is 0.845. The molecule has 0 fully saturated rings. The van der Waals surface area contributed by atoms with Gasteiger partial charge in [0.2, 0.25) is 0 Å². The van der Waals surface area contributed by atoms with Crippen LogP contribution in [0.5, 0.6) is 17.2 Å². The SMILES string of the molecule is COc1ccc(COc2cncc(Br)c2)cc1OC. The molecule has 0 atom stereocenters. The molecule has 0 unspecified atom stereocenters. The Kier molecular flexibility index (Phi) is 4.63. The fourth-order valence-electron chi connectivity index (χ4n) is 1.61. The third-order valence-corrected chi connectivity index (χ3v) is 2.97. The van der Waals surface area contributed by atoms with Gasteiger partial charge in [0.05, 0.1) is 20.4 Å². The Morgan fingerprint density at radius 3 is 2.53 bits per heavy atom. The molecule has 4 nitrogen and oxygen atoms in total. The number of benzene rings is 1. The molecule has 2 aromatic rings. The molecule has 0 aliphatic carbocycles. The molecule has 0 bridgehead atoms. The average molecular weight is 324 g/mol. The summed E-state index contributed by atoms with van der Waals surface area (Å²) < 4.78 is 17.0. The molecule has 2 rings (SSSR count). The van der Waals surface area contributed by atoms with Gasteiger partial charge in [0, 0.05) is 10.7 Å². The van der Waals surface area contributed by atoms with Crippen LogP contribution in [0.1, 0.15) is 5.56 Å². The molecule has 0 saturated heterocycles. The summed E-state index contributed by atoms with van der Waals surface area (Å²) in [7, 11) is 3.22. The van der Waals surface area contributed by atoms with Crippen molar-refractivity contribution in [3.63, 3.8) is 0 Å². The standard InChI is InChI=1S/C14H14BrNO3/c1-17-13-4-3-10(5-14(13)18-2)9-19-12-6-11(15)7-16-8-12/h3-8H,9H2,1-2H3. The number of hydrogen-bond acceptors (Lipinski definition) is 4. The number of pyridine rings is 1. The molecule has 1 heterocycles. The number of rotatable bonds is 5. The van der Waals surface area contributed by atoms with Gasteiger partial charge in [0.15, 0.2) is 11.5 Å². The Labute approximate surface area is 120 Å². The van der Waals surface area contributed by atoms with E-state index in [9.17, 15) is 0 Å². The van der Waals surface area contributed by atoms with Crippen LogP contribution in [-0.2, 0) is 6.61 Å². The highest BCUT2D eigenvalue weighted by Crippen LogP contribution is 2.28. The van der Waals surface area contributed by atoms with E-state index in [1.54, 1.807) is 26.6 Å². The second-order valence-electron chi connectivity index (χ2n) is 3.82. The van der Waals surface area contributed by atoms with Gasteiger partial charge in [0.25, 0.3) is 0 Å². The highest BCUT2D eigenvalue weighted by Gasteiger charge is 2.05. The van der Waals surface area contributed by atoms with E-state index >= 15 is 0 Å². The first-order valence-electron chi connectivity index (χ1n) is 5.67. The maximum Gasteiger partial charge on any atom is 0.161 e. The predicted molar refractivity (Wildman–Crippen MR) is 75.8 cm³/mol. The van der Waals surface area contributed by atoms with Gasteiger partial charge in [-0.2, -0.15) is 0 Å². The summed E-state index contributed by atoms with van der Waals surface area (Å²) in [6.45, 7) is 0.443. The molecule has 1 aromatic carbocycles. The fraction of sp³-hybridized carbons (Fsp3) is 0.214. The Balaban J connectivity index is 2.07. The summed E-state index contributed by atoms with van der Waals surface area (Å²) in [6, 6.07) is 7.56. The third-order valence-electron chi connectivity index (χ3n) is 2.53. The molecule has 0 amide bonds. The van der Waals surface area contributed by atoms with Crippen molar-refractivity contribution in [2.24, 2.45) is 0 Å². The maximum atomic E-state index is 5.66. The Morgan fingerprint density at radius 2 is 1.84 bits per heavy atom. The second kappa shape index (κ2) is 6.43. The van der Waals surface area contributed by atoms with Crippen LogP contribution in [0.2, 0.25) is 0 Å². The van der Waals surface area contributed by atoms with Crippen LogP contribution in [0, 0.1) is 0 Å². The lowest BCUT2D eigenvalue weighted by atomic mass is 10.2. The molecular formula is C14H14BrNO3. The van der Waals surface area contributed by atoms with Crippen molar-refractivity contribution in [1.82, 2.24) is 4.98 Å². The lowest BCUT2D eigenvalue weighted by molar-refractivity contribution is 0.302. The summed E-state index contributed by atoms with van der Waals surface area (Å²) in [5, 5.41) is 0. The van der Waals surface area contributed by atoms with Crippen molar-refractivity contribution in [3.8, 4) is 17.2 Å². The molecular weight excluding hydrogens is 310 g/mol. The highest BCUT2D eigenvalue weighted by atomic mass is 79.9. The number of ether oxygens (including phenoxy) is 3. The molecule has 19 heavy (non-hydrogen) atoms. The van der Waals surface area contributed by atoms with Crippen LogP contribution < -0.4 is 14.2 Å². The van der Waals surface area contributed by atoms with Gasteiger partial charge in [-0.1, -0.05) is 6.07 Å². The van der Waals surface area contributed by atoms with Crippen molar-refractivity contribution in [3.05, 3.63) is 46.7 Å². The zero-order valence-corrected chi connectivity index (χ0v) is 12.3. The smallest absolute Gasteiger partial charge is 0.161 e. The summed E-state index contributed by atoms with van der Waals surface area (Å²) in [5.74, 6) is 2.11. The normalized spacial score (nSPS) is 10.1. The van der Waals surface area contributed by atoms with E-state index in [4.69, 9.17) is 14.2 Å². The summed E-state index contributed by atoms with van der Waals surface area (Å²) in [6.07, 6.45) is 3.38. The topological polar surface area (TPSA) is 40.6 Å². The van der Waals surface area contributed by atoms with Crippen molar-refractivity contribution < 1.29 is 14.2 Å². The largest absolute Gasteiger partial charge is 0.493 e. The van der Waals surface area contributed by atoms with Crippen LogP contribution in [0.3, 0.4) is 0 Å². The minimum absolute atomic E-state index is 0.443. The Morgan fingerprint density at radius 1 is 1.05 bits per heavy atom. The number of nitrogens with zero attached hydrogens (tertiary/aromatic N) is 1. The van der Waals surface area contributed by atoms with E-state index in [0.29, 0.717) is 23.9 Å². The number of hydrogen-bond donors (Lipinski definition) is 0. The van der Waals surface area contributed by atoms with Crippen molar-refractivity contribution in [2.45, 2.75) is 6.61 Å². The summed E-state index contributed by atoms with van der Waals surface area (Å²) >= 11 is 3.35. The zero-order valence-electron chi connectivity index (χ0n) is 10.7. The first-order valence-corrected chi connectivity index (χ1v) is 6.46. The molecule has 100 valence electrons. The number of aromatic nitrogens is 1. The van der Waals surface area contributed by atoms with Gasteiger partial charge in [-0.25, -0.2) is 0 Å². The fourth-order valence-corrected chi connectivity index (χ4v) is 1.95. The van der Waals surface area contributed by atoms with E-state index < -0.39 is 0 Å². The number of methoxy groups -OCH3 is 2. The molecule has 5 heteroatoms. The molecule has 0 N–H and O–H groups in total. The second-order valence-corrected chi connectivity index (χ2v) is 4.73. The summed E-state index contributed by atoms with van der Waals surface area (Å²) in [4.78, 5) is 4.04. The zero-order chi connectivity index (χ0) is 13.7. The highest BCUT2D eigenvalue weighted by molar-refractivity contribution is 9.10. The summed E-state index contributed by atoms with van der Waals surface area (Å²) in [5.41, 5.74) is 0.998. The average Bonchev–Trinajstić information content (AvgIpc) is 2.45. The maximum absolute atomic E-state index is 5.66. The molecule has 0 spiro atoms. The van der Waals surface area contributed by atoms with Crippen LogP contribution in [0.15, 0.2) is 41.1 Å². The van der Waals surface area contributed by atoms with E-state index in [1.807, 2.05) is 24.3 Å². The van der Waals surface area contributed by atoms with Gasteiger partial charge in [0.1, 0.15) is 12.4 Å².